The maximum absolute atomic E-state index is 12.9. The van der Waals surface area contributed by atoms with Crippen molar-refractivity contribution in [2.75, 3.05) is 13.2 Å². The molecule has 0 saturated heterocycles. The quantitative estimate of drug-likeness (QED) is 0.0261. The van der Waals surface area contributed by atoms with Crippen molar-refractivity contribution in [3.05, 3.63) is 72.9 Å². The molecule has 0 rings (SSSR count). The van der Waals surface area contributed by atoms with Gasteiger partial charge in [0.2, 0.25) is 0 Å². The van der Waals surface area contributed by atoms with E-state index in [9.17, 15) is 14.4 Å². The largest absolute Gasteiger partial charge is 0.462 e. The predicted molar refractivity (Wildman–Crippen MR) is 316 cm³/mol. The maximum atomic E-state index is 12.9. The fourth-order valence-electron chi connectivity index (χ4n) is 8.96. The molecule has 0 aromatic rings. The van der Waals surface area contributed by atoms with Gasteiger partial charge in [0, 0.05) is 19.3 Å². The van der Waals surface area contributed by atoms with Crippen molar-refractivity contribution in [2.45, 2.75) is 322 Å². The van der Waals surface area contributed by atoms with Gasteiger partial charge in [-0.15, -0.1) is 0 Å². The first-order valence-electron chi connectivity index (χ1n) is 31.4. The van der Waals surface area contributed by atoms with E-state index in [1.165, 1.54) is 148 Å². The fraction of sp³-hybridized carbons (Fsp3) is 0.776. The van der Waals surface area contributed by atoms with Gasteiger partial charge in [-0.05, 0) is 103 Å². The van der Waals surface area contributed by atoms with E-state index in [0.29, 0.717) is 19.3 Å². The van der Waals surface area contributed by atoms with Crippen LogP contribution < -0.4 is 0 Å². The summed E-state index contributed by atoms with van der Waals surface area (Å²) >= 11 is 0. The fourth-order valence-corrected chi connectivity index (χ4v) is 8.96. The minimum Gasteiger partial charge on any atom is -0.462 e. The van der Waals surface area contributed by atoms with Crippen LogP contribution in [-0.4, -0.2) is 37.2 Å². The second-order valence-corrected chi connectivity index (χ2v) is 20.9. The van der Waals surface area contributed by atoms with Gasteiger partial charge in [-0.3, -0.25) is 14.4 Å². The Bertz CT molecular complexity index is 1360. The van der Waals surface area contributed by atoms with Gasteiger partial charge in [0.1, 0.15) is 13.2 Å². The summed E-state index contributed by atoms with van der Waals surface area (Å²) < 4.78 is 16.9. The predicted octanol–water partition coefficient (Wildman–Crippen LogP) is 21.3. The molecule has 6 heteroatoms. The van der Waals surface area contributed by atoms with Crippen LogP contribution in [0.25, 0.3) is 0 Å². The van der Waals surface area contributed by atoms with E-state index in [1.54, 1.807) is 0 Å². The lowest BCUT2D eigenvalue weighted by Crippen LogP contribution is -2.30. The normalized spacial score (nSPS) is 12.5. The van der Waals surface area contributed by atoms with E-state index in [-0.39, 0.29) is 31.1 Å². The highest BCUT2D eigenvalue weighted by Gasteiger charge is 2.19. The van der Waals surface area contributed by atoms with Crippen molar-refractivity contribution in [2.24, 2.45) is 0 Å². The monoisotopic (exact) mass is 1020 g/mol. The van der Waals surface area contributed by atoms with Crippen LogP contribution in [-0.2, 0) is 28.6 Å². The molecular weight excluding hydrogens is 901 g/mol. The van der Waals surface area contributed by atoms with Crippen LogP contribution in [0.2, 0.25) is 0 Å². The summed E-state index contributed by atoms with van der Waals surface area (Å²) in [4.78, 5) is 38.2. The van der Waals surface area contributed by atoms with Gasteiger partial charge in [0.25, 0.3) is 0 Å². The Hall–Kier alpha value is -3.15. The van der Waals surface area contributed by atoms with Gasteiger partial charge in [0.05, 0.1) is 0 Å². The summed E-state index contributed by atoms with van der Waals surface area (Å²) in [5.41, 5.74) is 0. The number of unbranched alkanes of at least 4 members (excludes halogenated alkanes) is 34. The van der Waals surface area contributed by atoms with Crippen LogP contribution in [0, 0.1) is 0 Å². The third-order valence-corrected chi connectivity index (χ3v) is 13.6. The summed E-state index contributed by atoms with van der Waals surface area (Å²) in [6.07, 6.45) is 79.2. The number of ether oxygens (including phenoxy) is 3. The molecule has 0 spiro atoms. The molecule has 0 fully saturated rings. The molecule has 0 aromatic carbocycles. The molecule has 0 amide bonds. The van der Waals surface area contributed by atoms with E-state index in [2.05, 4.69) is 93.7 Å². The van der Waals surface area contributed by atoms with Gasteiger partial charge in [-0.25, -0.2) is 0 Å². The van der Waals surface area contributed by atoms with E-state index in [1.807, 2.05) is 0 Å². The van der Waals surface area contributed by atoms with Crippen molar-refractivity contribution < 1.29 is 28.6 Å². The standard InChI is InChI=1S/C67H118O6/c1-4-7-10-13-16-19-22-25-27-28-29-30-31-32-33-34-35-36-37-38-40-42-45-48-51-54-57-60-66(69)72-63-64(62-71-65(68)59-56-53-50-47-44-41-24-21-18-15-12-9-6-3)73-67(70)61-58-55-52-49-46-43-39-26-23-20-17-14-11-8-5-2/h8,11-12,15,17,20-21,24,26,28-29,39,64H,4-7,9-10,13-14,16,18-19,22-23,25,27,30-38,40-63H2,1-3H3/b11-8-,15-12-,20-17-,24-21-,29-28-,39-26-. The molecule has 0 N–H and O–H groups in total. The minimum atomic E-state index is -0.790. The van der Waals surface area contributed by atoms with E-state index >= 15 is 0 Å². The summed E-state index contributed by atoms with van der Waals surface area (Å²) in [5.74, 6) is -0.906. The zero-order valence-corrected chi connectivity index (χ0v) is 48.4. The third kappa shape index (κ3) is 59.6. The average molecular weight is 1020 g/mol. The Balaban J connectivity index is 4.23. The molecule has 0 aliphatic rings. The highest BCUT2D eigenvalue weighted by molar-refractivity contribution is 5.71. The molecule has 0 aliphatic heterocycles. The lowest BCUT2D eigenvalue weighted by atomic mass is 10.0. The molecule has 1 unspecified atom stereocenters. The Morgan fingerprint density at radius 1 is 0.288 bits per heavy atom. The van der Waals surface area contributed by atoms with Crippen LogP contribution in [0.4, 0.5) is 0 Å². The lowest BCUT2D eigenvalue weighted by Gasteiger charge is -2.18. The second-order valence-electron chi connectivity index (χ2n) is 20.9. The molecule has 422 valence electrons. The van der Waals surface area contributed by atoms with Gasteiger partial charge in [-0.1, -0.05) is 267 Å². The third-order valence-electron chi connectivity index (χ3n) is 13.6. The number of allylic oxidation sites excluding steroid dienone is 12. The topological polar surface area (TPSA) is 78.9 Å². The van der Waals surface area contributed by atoms with Crippen LogP contribution >= 0.6 is 0 Å². The molecule has 0 bridgehead atoms. The van der Waals surface area contributed by atoms with Crippen molar-refractivity contribution in [3.63, 3.8) is 0 Å². The highest BCUT2D eigenvalue weighted by atomic mass is 16.6. The second kappa shape index (κ2) is 61.4. The number of esters is 3. The van der Waals surface area contributed by atoms with E-state index < -0.39 is 6.10 Å². The molecule has 0 aliphatic carbocycles. The van der Waals surface area contributed by atoms with E-state index in [4.69, 9.17) is 14.2 Å². The number of hydrogen-bond donors (Lipinski definition) is 0. The smallest absolute Gasteiger partial charge is 0.306 e. The minimum absolute atomic E-state index is 0.0855. The molecule has 73 heavy (non-hydrogen) atoms. The molecular formula is C67H118O6. The van der Waals surface area contributed by atoms with Crippen LogP contribution in [0.1, 0.15) is 316 Å². The Morgan fingerprint density at radius 2 is 0.562 bits per heavy atom. The number of rotatable bonds is 57. The summed E-state index contributed by atoms with van der Waals surface area (Å²) in [5, 5.41) is 0. The zero-order chi connectivity index (χ0) is 52.9. The zero-order valence-electron chi connectivity index (χ0n) is 48.4. The molecule has 1 atom stereocenters. The molecule has 0 aromatic heterocycles. The van der Waals surface area contributed by atoms with Crippen molar-refractivity contribution >= 4 is 17.9 Å². The van der Waals surface area contributed by atoms with Crippen molar-refractivity contribution in [1.29, 1.82) is 0 Å². The van der Waals surface area contributed by atoms with E-state index in [0.717, 1.165) is 128 Å². The summed E-state index contributed by atoms with van der Waals surface area (Å²) in [7, 11) is 0. The number of carbonyl (C=O) groups excluding carboxylic acids is 3. The molecule has 6 nitrogen and oxygen atoms in total. The first-order chi connectivity index (χ1) is 36.0. The highest BCUT2D eigenvalue weighted by Crippen LogP contribution is 2.17. The molecule has 0 saturated carbocycles. The van der Waals surface area contributed by atoms with Gasteiger partial charge < -0.3 is 14.2 Å². The Kier molecular flexibility index (Phi) is 58.7. The van der Waals surface area contributed by atoms with Gasteiger partial charge in [0.15, 0.2) is 6.10 Å². The average Bonchev–Trinajstić information content (AvgIpc) is 3.39. The first-order valence-corrected chi connectivity index (χ1v) is 31.4. The van der Waals surface area contributed by atoms with Gasteiger partial charge in [-0.2, -0.15) is 0 Å². The molecule has 0 radical (unpaired) electrons. The van der Waals surface area contributed by atoms with Crippen molar-refractivity contribution in [3.8, 4) is 0 Å². The summed E-state index contributed by atoms with van der Waals surface area (Å²) in [6.45, 7) is 6.47. The van der Waals surface area contributed by atoms with Crippen molar-refractivity contribution in [1.82, 2.24) is 0 Å². The van der Waals surface area contributed by atoms with Gasteiger partial charge >= 0.3 is 17.9 Å². The Morgan fingerprint density at radius 3 is 0.904 bits per heavy atom. The number of carbonyl (C=O) groups is 3. The summed E-state index contributed by atoms with van der Waals surface area (Å²) in [6, 6.07) is 0. The van der Waals surface area contributed by atoms with Crippen LogP contribution in [0.5, 0.6) is 0 Å². The Labute approximate surface area is 453 Å². The van der Waals surface area contributed by atoms with Crippen LogP contribution in [0.3, 0.4) is 0 Å². The lowest BCUT2D eigenvalue weighted by molar-refractivity contribution is -0.167. The van der Waals surface area contributed by atoms with Crippen LogP contribution in [0.15, 0.2) is 72.9 Å². The number of hydrogen-bond acceptors (Lipinski definition) is 6. The first kappa shape index (κ1) is 69.8. The molecule has 0 heterocycles. The SMILES string of the molecule is CC/C=C\C/C=C\C/C=C\CCCCCCCC(=O)OC(COC(=O)CCCCCCC/C=C\C/C=C\CCC)COC(=O)CCCCCCCCCCCCCCCCC/C=C\CCCCCCCCCC. The maximum Gasteiger partial charge on any atom is 0.306 e.